The van der Waals surface area contributed by atoms with Crippen molar-refractivity contribution in [3.05, 3.63) is 101 Å². The zero-order valence-electron chi connectivity index (χ0n) is 17.5. The van der Waals surface area contributed by atoms with Crippen LogP contribution < -0.4 is 0 Å². The summed E-state index contributed by atoms with van der Waals surface area (Å²) in [5, 5.41) is 1.28. The Labute approximate surface area is 176 Å². The van der Waals surface area contributed by atoms with Crippen LogP contribution in [0.15, 0.2) is 72.8 Å². The van der Waals surface area contributed by atoms with E-state index in [1.807, 2.05) is 68.4 Å². The van der Waals surface area contributed by atoms with Crippen molar-refractivity contribution in [1.82, 2.24) is 14.9 Å². The van der Waals surface area contributed by atoms with Crippen molar-refractivity contribution >= 4 is 5.91 Å². The summed E-state index contributed by atoms with van der Waals surface area (Å²) in [6.07, 6.45) is 0. The number of carbonyl (C=O) groups is 1. The molecule has 1 unspecified atom stereocenters. The van der Waals surface area contributed by atoms with Crippen LogP contribution in [0, 0.1) is 5.82 Å². The number of hydroxylamine groups is 2. The van der Waals surface area contributed by atoms with E-state index in [9.17, 15) is 9.18 Å². The third-order valence-electron chi connectivity index (χ3n) is 4.89. The van der Waals surface area contributed by atoms with E-state index in [2.05, 4.69) is 4.98 Å². The summed E-state index contributed by atoms with van der Waals surface area (Å²) in [5.74, 6) is -0.670. The van der Waals surface area contributed by atoms with Gasteiger partial charge in [0.05, 0.1) is 12.2 Å². The number of benzene rings is 2. The zero-order chi connectivity index (χ0) is 21.5. The molecular formula is C24H26FN3O2. The van der Waals surface area contributed by atoms with Crippen LogP contribution in [0.3, 0.4) is 0 Å². The van der Waals surface area contributed by atoms with Gasteiger partial charge in [0.15, 0.2) is 0 Å². The highest BCUT2D eigenvalue weighted by molar-refractivity contribution is 5.91. The monoisotopic (exact) mass is 407 g/mol. The van der Waals surface area contributed by atoms with Crippen LogP contribution in [0.25, 0.3) is 0 Å². The zero-order valence-corrected chi connectivity index (χ0v) is 17.5. The first-order valence-corrected chi connectivity index (χ1v) is 9.80. The second-order valence-corrected chi connectivity index (χ2v) is 7.31. The standard InChI is InChI=1S/C24H26FN3O2/c1-18(27(2)3)22-10-7-11-23(26-22)24(29)28(16-19-12-14-21(25)15-13-19)30-17-20-8-5-4-6-9-20/h4-15,18H,16-17H2,1-3H3. The van der Waals surface area contributed by atoms with Crippen LogP contribution >= 0.6 is 0 Å². The van der Waals surface area contributed by atoms with Crippen LogP contribution in [0.1, 0.15) is 40.3 Å². The molecule has 3 aromatic rings. The van der Waals surface area contributed by atoms with Gasteiger partial charge >= 0.3 is 0 Å². The number of amides is 1. The molecular weight excluding hydrogens is 381 g/mol. The first-order chi connectivity index (χ1) is 14.4. The fraction of sp³-hybridized carbons (Fsp3) is 0.250. The molecule has 0 bridgehead atoms. The Balaban J connectivity index is 1.83. The van der Waals surface area contributed by atoms with E-state index < -0.39 is 0 Å². The Morgan fingerprint density at radius 1 is 0.967 bits per heavy atom. The molecule has 2 aromatic carbocycles. The number of pyridine rings is 1. The van der Waals surface area contributed by atoms with Gasteiger partial charge in [0, 0.05) is 6.04 Å². The molecule has 0 N–H and O–H groups in total. The molecule has 0 saturated carbocycles. The molecule has 0 aliphatic rings. The smallest absolute Gasteiger partial charge is 0.296 e. The van der Waals surface area contributed by atoms with E-state index in [0.717, 1.165) is 16.8 Å². The minimum atomic E-state index is -0.344. The normalized spacial score (nSPS) is 12.0. The molecule has 0 fully saturated rings. The number of hydrogen-bond donors (Lipinski definition) is 0. The molecule has 5 nitrogen and oxygen atoms in total. The van der Waals surface area contributed by atoms with Gasteiger partial charge in [-0.1, -0.05) is 48.5 Å². The molecule has 0 radical (unpaired) electrons. The maximum absolute atomic E-state index is 13.3. The Hall–Kier alpha value is -3.09. The Morgan fingerprint density at radius 3 is 2.33 bits per heavy atom. The highest BCUT2D eigenvalue weighted by Crippen LogP contribution is 2.17. The number of aromatic nitrogens is 1. The third kappa shape index (κ3) is 5.72. The molecule has 156 valence electrons. The van der Waals surface area contributed by atoms with Gasteiger partial charge < -0.3 is 4.90 Å². The molecule has 0 spiro atoms. The van der Waals surface area contributed by atoms with Crippen LogP contribution in [-0.2, 0) is 18.0 Å². The largest absolute Gasteiger partial charge is 0.301 e. The second-order valence-electron chi connectivity index (χ2n) is 7.31. The predicted octanol–water partition coefficient (Wildman–Crippen LogP) is 4.62. The molecule has 30 heavy (non-hydrogen) atoms. The lowest BCUT2D eigenvalue weighted by Gasteiger charge is -2.23. The Morgan fingerprint density at radius 2 is 1.67 bits per heavy atom. The van der Waals surface area contributed by atoms with E-state index >= 15 is 0 Å². The first kappa shape index (κ1) is 21.6. The van der Waals surface area contributed by atoms with Crippen molar-refractivity contribution in [3.63, 3.8) is 0 Å². The molecule has 0 saturated heterocycles. The van der Waals surface area contributed by atoms with Gasteiger partial charge in [-0.25, -0.2) is 14.4 Å². The quantitative estimate of drug-likeness (QED) is 0.511. The number of rotatable bonds is 8. The van der Waals surface area contributed by atoms with Gasteiger partial charge in [0.2, 0.25) is 0 Å². The van der Waals surface area contributed by atoms with Crippen molar-refractivity contribution in [3.8, 4) is 0 Å². The SMILES string of the molecule is CC(c1cccc(C(=O)N(Cc2ccc(F)cc2)OCc2ccccc2)n1)N(C)C. The Kier molecular flexibility index (Phi) is 7.27. The lowest BCUT2D eigenvalue weighted by atomic mass is 10.1. The van der Waals surface area contributed by atoms with Crippen LogP contribution in [0.2, 0.25) is 0 Å². The summed E-state index contributed by atoms with van der Waals surface area (Å²) in [7, 11) is 3.93. The molecule has 1 atom stereocenters. The molecule has 1 heterocycles. The molecule has 0 aliphatic carbocycles. The summed E-state index contributed by atoms with van der Waals surface area (Å²) < 4.78 is 13.3. The molecule has 1 amide bonds. The van der Waals surface area contributed by atoms with Crippen LogP contribution in [-0.4, -0.2) is 34.9 Å². The molecule has 6 heteroatoms. The van der Waals surface area contributed by atoms with Crippen molar-refractivity contribution < 1.29 is 14.0 Å². The average molecular weight is 407 g/mol. The molecule has 1 aromatic heterocycles. The fourth-order valence-electron chi connectivity index (χ4n) is 2.85. The van der Waals surface area contributed by atoms with E-state index in [0.29, 0.717) is 5.69 Å². The van der Waals surface area contributed by atoms with E-state index in [1.54, 1.807) is 18.2 Å². The summed E-state index contributed by atoms with van der Waals surface area (Å²) in [6.45, 7) is 2.45. The lowest BCUT2D eigenvalue weighted by molar-refractivity contribution is -0.140. The van der Waals surface area contributed by atoms with Crippen molar-refractivity contribution in [2.45, 2.75) is 26.1 Å². The van der Waals surface area contributed by atoms with Crippen LogP contribution in [0.5, 0.6) is 0 Å². The van der Waals surface area contributed by atoms with Gasteiger partial charge in [0.1, 0.15) is 18.1 Å². The van der Waals surface area contributed by atoms with Crippen LogP contribution in [0.4, 0.5) is 4.39 Å². The topological polar surface area (TPSA) is 45.7 Å². The summed E-state index contributed by atoms with van der Waals surface area (Å²) in [6, 6.07) is 21.1. The maximum Gasteiger partial charge on any atom is 0.296 e. The van der Waals surface area contributed by atoms with Crippen molar-refractivity contribution in [2.24, 2.45) is 0 Å². The van der Waals surface area contributed by atoms with E-state index in [-0.39, 0.29) is 30.9 Å². The minimum Gasteiger partial charge on any atom is -0.301 e. The van der Waals surface area contributed by atoms with Crippen molar-refractivity contribution in [1.29, 1.82) is 0 Å². The van der Waals surface area contributed by atoms with Gasteiger partial charge in [-0.3, -0.25) is 9.63 Å². The third-order valence-corrected chi connectivity index (χ3v) is 4.89. The fourth-order valence-corrected chi connectivity index (χ4v) is 2.85. The number of carbonyl (C=O) groups excluding carboxylic acids is 1. The predicted molar refractivity (Wildman–Crippen MR) is 114 cm³/mol. The first-order valence-electron chi connectivity index (χ1n) is 9.80. The highest BCUT2D eigenvalue weighted by Gasteiger charge is 2.21. The maximum atomic E-state index is 13.3. The van der Waals surface area contributed by atoms with Gasteiger partial charge in [-0.2, -0.15) is 0 Å². The molecule has 3 rings (SSSR count). The minimum absolute atomic E-state index is 0.0635. The van der Waals surface area contributed by atoms with Gasteiger partial charge in [0.25, 0.3) is 5.91 Å². The molecule has 0 aliphatic heterocycles. The lowest BCUT2D eigenvalue weighted by Crippen LogP contribution is -2.32. The number of hydrogen-bond acceptors (Lipinski definition) is 4. The average Bonchev–Trinajstić information content (AvgIpc) is 2.77. The summed E-state index contributed by atoms with van der Waals surface area (Å²) >= 11 is 0. The van der Waals surface area contributed by atoms with Gasteiger partial charge in [-0.05, 0) is 56.4 Å². The van der Waals surface area contributed by atoms with E-state index in [1.165, 1.54) is 17.2 Å². The number of halogens is 1. The highest BCUT2D eigenvalue weighted by atomic mass is 19.1. The summed E-state index contributed by atoms with van der Waals surface area (Å²) in [4.78, 5) is 25.7. The Bertz CT molecular complexity index is 962. The number of nitrogens with zero attached hydrogens (tertiary/aromatic N) is 3. The van der Waals surface area contributed by atoms with Gasteiger partial charge in [-0.15, -0.1) is 0 Å². The van der Waals surface area contributed by atoms with Crippen molar-refractivity contribution in [2.75, 3.05) is 14.1 Å². The summed E-state index contributed by atoms with van der Waals surface area (Å²) in [5.41, 5.74) is 2.81. The van der Waals surface area contributed by atoms with E-state index in [4.69, 9.17) is 4.84 Å². The second kappa shape index (κ2) is 10.1.